The van der Waals surface area contributed by atoms with Crippen molar-refractivity contribution in [2.75, 3.05) is 25.1 Å². The van der Waals surface area contributed by atoms with Gasteiger partial charge >= 0.3 is 5.97 Å². The molecule has 10 heteroatoms. The maximum absolute atomic E-state index is 13.2. The van der Waals surface area contributed by atoms with Gasteiger partial charge in [-0.1, -0.05) is 43.7 Å². The maximum atomic E-state index is 13.2. The fourth-order valence-electron chi connectivity index (χ4n) is 4.99. The van der Waals surface area contributed by atoms with Gasteiger partial charge in [-0.25, -0.2) is 4.79 Å². The summed E-state index contributed by atoms with van der Waals surface area (Å²) in [4.78, 5) is 65.0. The van der Waals surface area contributed by atoms with Gasteiger partial charge < -0.3 is 10.4 Å². The minimum atomic E-state index is -1.24. The molecule has 2 saturated heterocycles. The highest BCUT2D eigenvalue weighted by atomic mass is 32.2. The summed E-state index contributed by atoms with van der Waals surface area (Å²) in [6, 6.07) is 6.78. The van der Waals surface area contributed by atoms with Gasteiger partial charge in [0.25, 0.3) is 0 Å². The Morgan fingerprint density at radius 1 is 1.11 bits per heavy atom. The van der Waals surface area contributed by atoms with E-state index in [1.54, 1.807) is 30.3 Å². The van der Waals surface area contributed by atoms with Gasteiger partial charge in [0.05, 0.1) is 10.1 Å². The van der Waals surface area contributed by atoms with Crippen LogP contribution in [0.5, 0.6) is 0 Å². The van der Waals surface area contributed by atoms with Crippen LogP contribution < -0.4 is 5.32 Å². The van der Waals surface area contributed by atoms with Crippen LogP contribution in [0.15, 0.2) is 30.3 Å². The van der Waals surface area contributed by atoms with Crippen molar-refractivity contribution in [2.24, 2.45) is 5.92 Å². The summed E-state index contributed by atoms with van der Waals surface area (Å²) in [7, 11) is 1.95. The highest BCUT2D eigenvalue weighted by Gasteiger charge is 2.47. The summed E-state index contributed by atoms with van der Waals surface area (Å²) in [6.07, 6.45) is 2.44. The highest BCUT2D eigenvalue weighted by Crippen LogP contribution is 2.50. The second-order valence-electron chi connectivity index (χ2n) is 9.79. The van der Waals surface area contributed by atoms with E-state index in [0.717, 1.165) is 24.5 Å². The van der Waals surface area contributed by atoms with Crippen LogP contribution in [-0.2, 0) is 24.0 Å². The van der Waals surface area contributed by atoms with Gasteiger partial charge in [-0.05, 0) is 43.4 Å². The number of Topliss-reactive ketones (excluding diaryl/α,β-unsaturated/α-hetero) is 3. The molecule has 0 saturated carbocycles. The molecule has 0 aromatic heterocycles. The van der Waals surface area contributed by atoms with Crippen molar-refractivity contribution in [2.45, 2.75) is 68.0 Å². The molecule has 1 unspecified atom stereocenters. The van der Waals surface area contributed by atoms with Gasteiger partial charge in [-0.3, -0.25) is 24.1 Å². The molecule has 3 rings (SSSR count). The number of amides is 1. The zero-order valence-electron chi connectivity index (χ0n) is 21.4. The van der Waals surface area contributed by atoms with Crippen LogP contribution in [0.4, 0.5) is 0 Å². The number of benzene rings is 1. The van der Waals surface area contributed by atoms with Crippen LogP contribution in [0, 0.1) is 5.92 Å². The number of thioether (sulfide) groups is 2. The lowest BCUT2D eigenvalue weighted by molar-refractivity contribution is -0.142. The van der Waals surface area contributed by atoms with E-state index in [9.17, 15) is 29.1 Å². The smallest absolute Gasteiger partial charge is 0.330 e. The van der Waals surface area contributed by atoms with E-state index in [4.69, 9.17) is 0 Å². The zero-order chi connectivity index (χ0) is 27.0. The number of carbonyl (C=O) groups excluding carboxylic acids is 4. The lowest BCUT2D eigenvalue weighted by atomic mass is 9.87. The van der Waals surface area contributed by atoms with Gasteiger partial charge in [0.15, 0.2) is 17.6 Å². The summed E-state index contributed by atoms with van der Waals surface area (Å²) < 4.78 is 0.0360. The Morgan fingerprint density at radius 3 is 2.41 bits per heavy atom. The van der Waals surface area contributed by atoms with Crippen LogP contribution in [0.2, 0.25) is 0 Å². The van der Waals surface area contributed by atoms with Gasteiger partial charge in [0, 0.05) is 31.7 Å². The third-order valence-corrected chi connectivity index (χ3v) is 10.2. The maximum Gasteiger partial charge on any atom is 0.330 e. The minimum absolute atomic E-state index is 0.00403. The van der Waals surface area contributed by atoms with Gasteiger partial charge in [-0.2, -0.15) is 0 Å². The number of hydrogen-bond acceptors (Lipinski definition) is 8. The number of carboxylic acids is 1. The second-order valence-corrected chi connectivity index (χ2v) is 13.0. The molecule has 3 atom stereocenters. The first-order valence-electron chi connectivity index (χ1n) is 12.8. The van der Waals surface area contributed by atoms with Crippen LogP contribution in [0.25, 0.3) is 0 Å². The number of ketones is 3. The first-order valence-corrected chi connectivity index (χ1v) is 14.8. The number of aliphatic carboxylic acids is 1. The Hall–Kier alpha value is -2.17. The topological polar surface area (TPSA) is 121 Å². The van der Waals surface area contributed by atoms with Crippen molar-refractivity contribution in [1.29, 1.82) is 0 Å². The molecule has 1 aromatic rings. The Morgan fingerprint density at radius 2 is 1.78 bits per heavy atom. The van der Waals surface area contributed by atoms with Crippen LogP contribution in [-0.4, -0.2) is 74.5 Å². The minimum Gasteiger partial charge on any atom is -0.479 e. The van der Waals surface area contributed by atoms with E-state index in [0.29, 0.717) is 18.4 Å². The lowest BCUT2D eigenvalue weighted by Crippen LogP contribution is -2.36. The van der Waals surface area contributed by atoms with Crippen LogP contribution in [0.3, 0.4) is 0 Å². The number of rotatable bonds is 13. The van der Waals surface area contributed by atoms with Crippen molar-refractivity contribution < 1.29 is 29.1 Å². The fraction of sp³-hybridized carbons (Fsp3) is 0.593. The molecule has 2 aliphatic heterocycles. The Bertz CT molecular complexity index is 996. The Balaban J connectivity index is 1.54. The number of nitrogens with one attached hydrogen (secondary N) is 1. The fourth-order valence-corrected chi connectivity index (χ4v) is 8.47. The van der Waals surface area contributed by atoms with Crippen molar-refractivity contribution in [3.05, 3.63) is 35.9 Å². The molecule has 1 spiro atoms. The largest absolute Gasteiger partial charge is 0.479 e. The molecular weight excluding hydrogens is 512 g/mol. The first-order chi connectivity index (χ1) is 17.7. The Kier molecular flexibility index (Phi) is 10.8. The zero-order valence-corrected chi connectivity index (χ0v) is 23.1. The number of nitrogens with zero attached hydrogens (tertiary/aromatic N) is 1. The molecule has 0 bridgehead atoms. The number of likely N-dealkylation sites (N-methyl/N-ethyl adjacent to an activating group) is 1. The number of carbonyl (C=O) groups is 5. The normalized spacial score (nSPS) is 20.8. The van der Waals surface area contributed by atoms with Crippen molar-refractivity contribution >= 4 is 52.7 Å². The van der Waals surface area contributed by atoms with Crippen molar-refractivity contribution in [3.63, 3.8) is 0 Å². The van der Waals surface area contributed by atoms with Crippen molar-refractivity contribution in [3.8, 4) is 0 Å². The predicted octanol–water partition coefficient (Wildman–Crippen LogP) is 3.49. The number of carboxylic acid groups (broad SMARTS) is 1. The van der Waals surface area contributed by atoms with Crippen LogP contribution >= 0.6 is 23.5 Å². The average molecular weight is 549 g/mol. The quantitative estimate of drug-likeness (QED) is 0.357. The summed E-state index contributed by atoms with van der Waals surface area (Å²) in [5.74, 6) is -1.65. The highest BCUT2D eigenvalue weighted by molar-refractivity contribution is 8.18. The predicted molar refractivity (Wildman–Crippen MR) is 146 cm³/mol. The average Bonchev–Trinajstić information content (AvgIpc) is 3.20. The summed E-state index contributed by atoms with van der Waals surface area (Å²) in [5.41, 5.74) is 0.413. The van der Waals surface area contributed by atoms with Crippen molar-refractivity contribution in [1.82, 2.24) is 10.2 Å². The third kappa shape index (κ3) is 7.91. The van der Waals surface area contributed by atoms with E-state index in [-0.39, 0.29) is 35.2 Å². The van der Waals surface area contributed by atoms with Gasteiger partial charge in [0.1, 0.15) is 0 Å². The number of hydrogen-bond donors (Lipinski definition) is 2. The Labute approximate surface area is 226 Å². The van der Waals surface area contributed by atoms with E-state index in [2.05, 4.69) is 10.2 Å². The monoisotopic (exact) mass is 548 g/mol. The SMILES string of the molecule is CCCC(CC(=O)[C@@H]1CC2(CN1C)SCCCS2)C(=O)C(=O)CCC(=O)N[C@H](C(=O)O)c1ccccc1. The molecule has 37 heavy (non-hydrogen) atoms. The molecule has 8 nitrogen and oxygen atoms in total. The molecule has 2 fully saturated rings. The number of likely N-dealkylation sites (tertiary alicyclic amines) is 1. The molecule has 2 N–H and O–H groups in total. The molecule has 2 heterocycles. The second kappa shape index (κ2) is 13.6. The van der Waals surface area contributed by atoms with Crippen LogP contribution in [0.1, 0.15) is 63.5 Å². The molecule has 1 aromatic carbocycles. The standard InChI is InChI=1S/C27H36N2O6S2/c1-3-8-19(15-22(31)20-16-27(17-29(20)2)36-13-7-14-37-27)25(33)21(30)11-12-23(32)28-24(26(34)35)18-9-5-4-6-10-18/h4-6,9-10,19-20,24H,3,7-8,11-17H2,1-2H3,(H,28,32)(H,34,35)/t19?,20-,24-/m0/s1. The molecule has 2 aliphatic rings. The lowest BCUT2D eigenvalue weighted by Gasteiger charge is -2.31. The third-order valence-electron chi connectivity index (χ3n) is 6.91. The van der Waals surface area contributed by atoms with E-state index in [1.165, 1.54) is 6.42 Å². The summed E-state index contributed by atoms with van der Waals surface area (Å²) in [6.45, 7) is 2.74. The summed E-state index contributed by atoms with van der Waals surface area (Å²) in [5, 5.41) is 11.9. The molecule has 202 valence electrons. The molecular formula is C27H36N2O6S2. The van der Waals surface area contributed by atoms with Gasteiger partial charge in [0.2, 0.25) is 11.7 Å². The van der Waals surface area contributed by atoms with E-state index >= 15 is 0 Å². The summed E-state index contributed by atoms with van der Waals surface area (Å²) >= 11 is 3.85. The molecule has 0 radical (unpaired) electrons. The van der Waals surface area contributed by atoms with E-state index in [1.807, 2.05) is 37.5 Å². The van der Waals surface area contributed by atoms with Gasteiger partial charge in [-0.15, -0.1) is 23.5 Å². The first kappa shape index (κ1) is 29.4. The molecule has 1 amide bonds. The van der Waals surface area contributed by atoms with E-state index < -0.39 is 35.4 Å². The molecule has 0 aliphatic carbocycles.